The van der Waals surface area contributed by atoms with Crippen LogP contribution in [0.1, 0.15) is 28.6 Å². The van der Waals surface area contributed by atoms with Gasteiger partial charge in [-0.1, -0.05) is 41.4 Å². The predicted molar refractivity (Wildman–Crippen MR) is 178 cm³/mol. The molecule has 3 N–H and O–H groups in total. The van der Waals surface area contributed by atoms with Gasteiger partial charge in [-0.2, -0.15) is 0 Å². The maximum absolute atomic E-state index is 13.6. The van der Waals surface area contributed by atoms with Gasteiger partial charge in [-0.15, -0.1) is 11.3 Å². The number of aliphatic carboxylic acids is 1. The van der Waals surface area contributed by atoms with Gasteiger partial charge in [0, 0.05) is 71.2 Å². The van der Waals surface area contributed by atoms with Crippen LogP contribution in [-0.4, -0.2) is 101 Å². The number of nitrogens with zero attached hydrogens (tertiary/aromatic N) is 5. The molecule has 15 heteroatoms. The molecular formula is C32H32Cl2N6O6S. The number of urea groups is 1. The average Bonchev–Trinajstić information content (AvgIpc) is 3.72. The summed E-state index contributed by atoms with van der Waals surface area (Å²) >= 11 is 14.2. The van der Waals surface area contributed by atoms with Gasteiger partial charge >= 0.3 is 18.0 Å². The number of halogens is 2. The minimum atomic E-state index is -0.867. The number of aliphatic hydroxyl groups is 1. The van der Waals surface area contributed by atoms with Gasteiger partial charge in [-0.05, 0) is 36.2 Å². The quantitative estimate of drug-likeness (QED) is 0.268. The van der Waals surface area contributed by atoms with Gasteiger partial charge in [0.15, 0.2) is 10.8 Å². The van der Waals surface area contributed by atoms with Gasteiger partial charge < -0.3 is 25.2 Å². The molecule has 3 aliphatic heterocycles. The fourth-order valence-corrected chi connectivity index (χ4v) is 7.41. The van der Waals surface area contributed by atoms with Crippen LogP contribution in [0, 0.1) is 0 Å². The first kappa shape index (κ1) is 32.9. The molecule has 0 bridgehead atoms. The summed E-state index contributed by atoms with van der Waals surface area (Å²) in [7, 11) is 1.31. The van der Waals surface area contributed by atoms with E-state index in [1.54, 1.807) is 34.2 Å². The number of aliphatic imine (C=N–C) groups is 1. The van der Waals surface area contributed by atoms with E-state index in [4.69, 9.17) is 38.0 Å². The van der Waals surface area contributed by atoms with Crippen LogP contribution in [-0.2, 0) is 20.7 Å². The number of piperazine rings is 1. The summed E-state index contributed by atoms with van der Waals surface area (Å²) in [6.07, 6.45) is 2.10. The number of aryl methyl sites for hydroxylation is 1. The lowest BCUT2D eigenvalue weighted by Gasteiger charge is -2.43. The fourth-order valence-electron chi connectivity index (χ4n) is 6.31. The Kier molecular flexibility index (Phi) is 9.80. The van der Waals surface area contributed by atoms with E-state index in [1.807, 2.05) is 29.6 Å². The molecule has 3 aromatic rings. The molecule has 3 atom stereocenters. The van der Waals surface area contributed by atoms with Crippen LogP contribution in [0.5, 0.6) is 0 Å². The van der Waals surface area contributed by atoms with Crippen molar-refractivity contribution >= 4 is 64.0 Å². The molecule has 1 aromatic heterocycles. The molecule has 0 unspecified atom stereocenters. The lowest BCUT2D eigenvalue weighted by Crippen LogP contribution is -2.61. The van der Waals surface area contributed by atoms with Crippen molar-refractivity contribution in [2.45, 2.75) is 31.0 Å². The van der Waals surface area contributed by atoms with Crippen LogP contribution in [0.25, 0.3) is 0 Å². The number of aromatic nitrogens is 1. The number of carbonyl (C=O) groups excluding carboxylic acids is 2. The van der Waals surface area contributed by atoms with Crippen molar-refractivity contribution in [2.24, 2.45) is 4.99 Å². The lowest BCUT2D eigenvalue weighted by molar-refractivity contribution is -0.137. The summed E-state index contributed by atoms with van der Waals surface area (Å²) in [5, 5.41) is 26.3. The van der Waals surface area contributed by atoms with Crippen molar-refractivity contribution in [2.75, 3.05) is 44.8 Å². The maximum Gasteiger partial charge on any atom is 0.338 e. The number of carboxylic acids is 1. The van der Waals surface area contributed by atoms with Crippen molar-refractivity contribution in [3.05, 3.63) is 91.5 Å². The third-order valence-corrected chi connectivity index (χ3v) is 9.98. The van der Waals surface area contributed by atoms with Crippen LogP contribution in [0.3, 0.4) is 0 Å². The van der Waals surface area contributed by atoms with Crippen LogP contribution in [0.15, 0.2) is 70.3 Å². The highest BCUT2D eigenvalue weighted by molar-refractivity contribution is 7.11. The van der Waals surface area contributed by atoms with Crippen molar-refractivity contribution in [1.82, 2.24) is 20.1 Å². The molecule has 246 valence electrons. The molecule has 0 aliphatic carbocycles. The van der Waals surface area contributed by atoms with E-state index in [2.05, 4.69) is 15.2 Å². The van der Waals surface area contributed by atoms with Crippen LogP contribution in [0.4, 0.5) is 10.5 Å². The second-order valence-electron chi connectivity index (χ2n) is 11.3. The highest BCUT2D eigenvalue weighted by Crippen LogP contribution is 2.38. The third-order valence-electron chi connectivity index (χ3n) is 8.64. The Morgan fingerprint density at radius 3 is 2.60 bits per heavy atom. The Balaban J connectivity index is 1.29. The monoisotopic (exact) mass is 698 g/mol. The van der Waals surface area contributed by atoms with Crippen molar-refractivity contribution < 1.29 is 29.3 Å². The zero-order valence-corrected chi connectivity index (χ0v) is 27.6. The first-order valence-corrected chi connectivity index (χ1v) is 16.6. The fraction of sp³-hybridized carbons (Fsp3) is 0.344. The van der Waals surface area contributed by atoms with E-state index in [-0.39, 0.29) is 37.2 Å². The normalized spacial score (nSPS) is 21.4. The molecular weight excluding hydrogens is 667 g/mol. The Labute approximate surface area is 284 Å². The van der Waals surface area contributed by atoms with E-state index >= 15 is 0 Å². The number of ether oxygens (including phenoxy) is 1. The van der Waals surface area contributed by atoms with Crippen molar-refractivity contribution in [3.8, 4) is 0 Å². The van der Waals surface area contributed by atoms with Gasteiger partial charge in [0.25, 0.3) is 0 Å². The Morgan fingerprint density at radius 1 is 1.15 bits per heavy atom. The SMILES string of the molecule is COC(=O)C1=C(CN2CCN3C(=O)N(c4ccc(CCC(=O)O)cc4)C[C@@H]3[C@H]2CO)NC(c2nccs2)=N[C@H]1c1ccc(Cl)cc1Cl. The predicted octanol–water partition coefficient (Wildman–Crippen LogP) is 3.97. The molecule has 0 saturated carbocycles. The van der Waals surface area contributed by atoms with E-state index in [9.17, 15) is 19.5 Å². The summed E-state index contributed by atoms with van der Waals surface area (Å²) < 4.78 is 5.24. The number of esters is 1. The molecule has 2 amide bonds. The van der Waals surface area contributed by atoms with Crippen molar-refractivity contribution in [1.29, 1.82) is 0 Å². The Bertz CT molecular complexity index is 1730. The highest BCUT2D eigenvalue weighted by Gasteiger charge is 2.47. The molecule has 2 saturated heterocycles. The first-order chi connectivity index (χ1) is 22.7. The molecule has 12 nitrogen and oxygen atoms in total. The lowest BCUT2D eigenvalue weighted by atomic mass is 9.94. The summed E-state index contributed by atoms with van der Waals surface area (Å²) in [6, 6.07) is 10.6. The van der Waals surface area contributed by atoms with Gasteiger partial charge in [0.05, 0.1) is 31.4 Å². The number of hydrogen-bond acceptors (Lipinski definition) is 10. The number of hydrogen-bond donors (Lipinski definition) is 3. The molecule has 0 spiro atoms. The van der Waals surface area contributed by atoms with E-state index in [0.717, 1.165) is 5.56 Å². The number of thiazole rings is 1. The van der Waals surface area contributed by atoms with E-state index < -0.39 is 24.0 Å². The molecule has 4 heterocycles. The number of nitrogens with one attached hydrogen (secondary N) is 1. The summed E-state index contributed by atoms with van der Waals surface area (Å²) in [5.41, 5.74) is 2.93. The number of carboxylic acid groups (broad SMARTS) is 1. The number of rotatable bonds is 10. The number of benzene rings is 2. The van der Waals surface area contributed by atoms with Gasteiger partial charge in [0.2, 0.25) is 0 Å². The molecule has 2 fully saturated rings. The largest absolute Gasteiger partial charge is 0.481 e. The van der Waals surface area contributed by atoms with Crippen LogP contribution >= 0.6 is 34.5 Å². The zero-order valence-electron chi connectivity index (χ0n) is 25.3. The molecule has 2 aromatic carbocycles. The minimum absolute atomic E-state index is 0.0273. The number of fused-ring (bicyclic) bond motifs is 1. The van der Waals surface area contributed by atoms with Gasteiger partial charge in [-0.3, -0.25) is 19.6 Å². The average molecular weight is 700 g/mol. The number of anilines is 1. The maximum atomic E-state index is 13.6. The van der Waals surface area contributed by atoms with Crippen molar-refractivity contribution in [3.63, 3.8) is 0 Å². The standard InChI is InChI=1S/C32H32Cl2N6O6S/c1-46-31(44)27-23(36-29(30-35-10-13-47-30)37-28(27)21-8-5-19(33)14-22(21)34)15-38-11-12-39-24(25(38)17-41)16-40(32(39)45)20-6-2-18(3-7-20)4-9-26(42)43/h2-3,5-8,10,13-14,24-25,28,41H,4,9,11-12,15-17H2,1H3,(H,36,37)(H,42,43)/t24-,25-,28+/m1/s1. The second kappa shape index (κ2) is 14.0. The van der Waals surface area contributed by atoms with Crippen LogP contribution in [0.2, 0.25) is 10.0 Å². The highest BCUT2D eigenvalue weighted by atomic mass is 35.5. The number of amidine groups is 1. The van der Waals surface area contributed by atoms with Gasteiger partial charge in [-0.25, -0.2) is 14.6 Å². The topological polar surface area (TPSA) is 148 Å². The molecule has 47 heavy (non-hydrogen) atoms. The third kappa shape index (κ3) is 6.72. The zero-order chi connectivity index (χ0) is 33.2. The number of aliphatic hydroxyl groups excluding tert-OH is 1. The summed E-state index contributed by atoms with van der Waals surface area (Å²) in [6.45, 7) is 1.19. The van der Waals surface area contributed by atoms with E-state index in [0.29, 0.717) is 63.9 Å². The minimum Gasteiger partial charge on any atom is -0.481 e. The molecule has 6 rings (SSSR count). The van der Waals surface area contributed by atoms with E-state index in [1.165, 1.54) is 18.4 Å². The molecule has 0 radical (unpaired) electrons. The van der Waals surface area contributed by atoms with Gasteiger partial charge in [0.1, 0.15) is 6.04 Å². The van der Waals surface area contributed by atoms with Crippen LogP contribution < -0.4 is 10.2 Å². The summed E-state index contributed by atoms with van der Waals surface area (Å²) in [5.74, 6) is -0.986. The number of carbonyl (C=O) groups is 3. The first-order valence-electron chi connectivity index (χ1n) is 14.9. The second-order valence-corrected chi connectivity index (χ2v) is 13.1. The Hall–Kier alpha value is -4.01. The smallest absolute Gasteiger partial charge is 0.338 e. The summed E-state index contributed by atoms with van der Waals surface area (Å²) in [4.78, 5) is 52.7. The molecule has 3 aliphatic rings. The number of methoxy groups -OCH3 is 1. The number of amides is 2. The Morgan fingerprint density at radius 2 is 1.94 bits per heavy atom.